The van der Waals surface area contributed by atoms with Gasteiger partial charge in [-0.3, -0.25) is 9.98 Å². The van der Waals surface area contributed by atoms with Crippen molar-refractivity contribution in [1.82, 2.24) is 4.98 Å². The van der Waals surface area contributed by atoms with Crippen LogP contribution in [0.4, 0.5) is 4.39 Å². The molecular weight excluding hydrogens is 199 g/mol. The lowest BCUT2D eigenvalue weighted by Gasteiger charge is -1.98. The number of carboxylic acids is 1. The molecule has 0 aromatic carbocycles. The van der Waals surface area contributed by atoms with Crippen molar-refractivity contribution in [2.75, 3.05) is 0 Å². The van der Waals surface area contributed by atoms with Gasteiger partial charge in [-0.2, -0.15) is 0 Å². The summed E-state index contributed by atoms with van der Waals surface area (Å²) in [4.78, 5) is 18.4. The third kappa shape index (κ3) is 2.01. The van der Waals surface area contributed by atoms with E-state index < -0.39 is 17.8 Å². The quantitative estimate of drug-likeness (QED) is 0.795. The molecule has 0 spiro atoms. The Balaban J connectivity index is 2.26. The summed E-state index contributed by atoms with van der Waals surface area (Å²) in [6.07, 6.45) is 3.63. The van der Waals surface area contributed by atoms with Crippen molar-refractivity contribution in [2.24, 2.45) is 4.99 Å². The second kappa shape index (κ2) is 3.76. The first-order valence-electron chi connectivity index (χ1n) is 4.57. The minimum Gasteiger partial charge on any atom is -0.480 e. The Morgan fingerprint density at radius 1 is 1.53 bits per heavy atom. The van der Waals surface area contributed by atoms with Crippen molar-refractivity contribution in [2.45, 2.75) is 18.9 Å². The number of nitrogens with zero attached hydrogens (tertiary/aromatic N) is 2. The van der Waals surface area contributed by atoms with Crippen LogP contribution in [-0.2, 0) is 4.79 Å². The number of carboxylic acid groups (broad SMARTS) is 1. The molecule has 1 aromatic heterocycles. The van der Waals surface area contributed by atoms with Crippen molar-refractivity contribution in [3.8, 4) is 0 Å². The first kappa shape index (κ1) is 9.76. The molecule has 2 rings (SSSR count). The Hall–Kier alpha value is -1.78. The maximum absolute atomic E-state index is 12.8. The molecule has 0 saturated carbocycles. The minimum absolute atomic E-state index is 0.436. The molecule has 0 radical (unpaired) electrons. The van der Waals surface area contributed by atoms with E-state index in [9.17, 15) is 9.18 Å². The average molecular weight is 208 g/mol. The molecule has 0 fully saturated rings. The molecule has 4 nitrogen and oxygen atoms in total. The van der Waals surface area contributed by atoms with Crippen LogP contribution < -0.4 is 0 Å². The number of carbonyl (C=O) groups is 1. The topological polar surface area (TPSA) is 62.5 Å². The third-order valence-electron chi connectivity index (χ3n) is 2.29. The van der Waals surface area contributed by atoms with Crippen molar-refractivity contribution >= 4 is 11.7 Å². The third-order valence-corrected chi connectivity index (χ3v) is 2.29. The molecule has 2 heterocycles. The summed E-state index contributed by atoms with van der Waals surface area (Å²) in [7, 11) is 0. The highest BCUT2D eigenvalue weighted by atomic mass is 19.1. The molecular formula is C10H9FN2O2. The van der Waals surface area contributed by atoms with Gasteiger partial charge < -0.3 is 5.11 Å². The zero-order valence-corrected chi connectivity index (χ0v) is 7.85. The summed E-state index contributed by atoms with van der Waals surface area (Å²) in [6, 6.07) is 0.624. The van der Waals surface area contributed by atoms with Crippen molar-refractivity contribution < 1.29 is 14.3 Å². The highest BCUT2D eigenvalue weighted by molar-refractivity contribution is 6.03. The number of rotatable bonds is 2. The van der Waals surface area contributed by atoms with Crippen LogP contribution in [0.3, 0.4) is 0 Å². The van der Waals surface area contributed by atoms with Gasteiger partial charge in [0.2, 0.25) is 0 Å². The van der Waals surface area contributed by atoms with Gasteiger partial charge in [-0.25, -0.2) is 9.18 Å². The lowest BCUT2D eigenvalue weighted by atomic mass is 10.1. The molecule has 0 bridgehead atoms. The lowest BCUT2D eigenvalue weighted by Crippen LogP contribution is -2.13. The largest absolute Gasteiger partial charge is 0.480 e. The predicted molar refractivity (Wildman–Crippen MR) is 51.4 cm³/mol. The summed E-state index contributed by atoms with van der Waals surface area (Å²) in [5.41, 5.74) is 1.19. The molecule has 5 heteroatoms. The van der Waals surface area contributed by atoms with E-state index in [0.717, 1.165) is 6.20 Å². The Bertz CT molecular complexity index is 431. The average Bonchev–Trinajstić information content (AvgIpc) is 2.66. The first-order valence-corrected chi connectivity index (χ1v) is 4.57. The van der Waals surface area contributed by atoms with Gasteiger partial charge in [0.1, 0.15) is 11.9 Å². The zero-order chi connectivity index (χ0) is 10.8. The Kier molecular flexibility index (Phi) is 2.45. The Labute approximate surface area is 85.5 Å². The van der Waals surface area contributed by atoms with Crippen LogP contribution >= 0.6 is 0 Å². The van der Waals surface area contributed by atoms with E-state index in [1.54, 1.807) is 0 Å². The summed E-state index contributed by atoms with van der Waals surface area (Å²) in [5.74, 6) is -1.37. The fourth-order valence-corrected chi connectivity index (χ4v) is 1.56. The van der Waals surface area contributed by atoms with Gasteiger partial charge in [-0.05, 0) is 18.9 Å². The maximum atomic E-state index is 12.8. The molecule has 1 aromatic rings. The maximum Gasteiger partial charge on any atom is 0.328 e. The van der Waals surface area contributed by atoms with Crippen molar-refractivity contribution in [1.29, 1.82) is 0 Å². The van der Waals surface area contributed by atoms with Gasteiger partial charge in [-0.1, -0.05) is 0 Å². The number of halogens is 1. The van der Waals surface area contributed by atoms with Crippen LogP contribution in [0.15, 0.2) is 23.5 Å². The molecule has 0 amide bonds. The van der Waals surface area contributed by atoms with Gasteiger partial charge in [0, 0.05) is 17.5 Å². The highest BCUT2D eigenvalue weighted by Crippen LogP contribution is 2.18. The summed E-state index contributed by atoms with van der Waals surface area (Å²) >= 11 is 0. The van der Waals surface area contributed by atoms with Gasteiger partial charge in [-0.15, -0.1) is 0 Å². The van der Waals surface area contributed by atoms with Gasteiger partial charge in [0.05, 0.1) is 6.20 Å². The van der Waals surface area contributed by atoms with Crippen LogP contribution in [-0.4, -0.2) is 27.8 Å². The molecule has 1 unspecified atom stereocenters. The number of pyridine rings is 1. The Morgan fingerprint density at radius 3 is 2.93 bits per heavy atom. The van der Waals surface area contributed by atoms with E-state index in [1.165, 1.54) is 12.3 Å². The second-order valence-electron chi connectivity index (χ2n) is 3.36. The SMILES string of the molecule is O=C(O)C1CCC(c2cncc(F)c2)=N1. The van der Waals surface area contributed by atoms with Gasteiger partial charge in [0.25, 0.3) is 0 Å². The molecule has 15 heavy (non-hydrogen) atoms. The number of aromatic nitrogens is 1. The predicted octanol–water partition coefficient (Wildman–Crippen LogP) is 1.26. The number of hydrogen-bond acceptors (Lipinski definition) is 3. The molecule has 78 valence electrons. The standard InChI is InChI=1S/C10H9FN2O2/c11-7-3-6(4-12-5-7)8-1-2-9(13-8)10(14)15/h3-5,9H,1-2H2,(H,14,15). The normalized spacial score (nSPS) is 20.1. The van der Waals surface area contributed by atoms with Gasteiger partial charge in [0.15, 0.2) is 0 Å². The number of hydrogen-bond donors (Lipinski definition) is 1. The minimum atomic E-state index is -0.936. The molecule has 1 atom stereocenters. The van der Waals surface area contributed by atoms with Crippen molar-refractivity contribution in [3.63, 3.8) is 0 Å². The molecule has 0 aliphatic carbocycles. The molecule has 1 N–H and O–H groups in total. The van der Waals surface area contributed by atoms with E-state index in [2.05, 4.69) is 9.98 Å². The summed E-state index contributed by atoms with van der Waals surface area (Å²) < 4.78 is 12.8. The lowest BCUT2D eigenvalue weighted by molar-refractivity contribution is -0.138. The first-order chi connectivity index (χ1) is 7.16. The van der Waals surface area contributed by atoms with Crippen molar-refractivity contribution in [3.05, 3.63) is 29.8 Å². The van der Waals surface area contributed by atoms with E-state index in [4.69, 9.17) is 5.11 Å². The summed E-state index contributed by atoms with van der Waals surface area (Å²) in [6.45, 7) is 0. The van der Waals surface area contributed by atoms with E-state index in [-0.39, 0.29) is 0 Å². The summed E-state index contributed by atoms with van der Waals surface area (Å²) in [5, 5.41) is 8.74. The molecule has 1 aliphatic rings. The molecule has 0 saturated heterocycles. The second-order valence-corrected chi connectivity index (χ2v) is 3.36. The fourth-order valence-electron chi connectivity index (χ4n) is 1.56. The zero-order valence-electron chi connectivity index (χ0n) is 7.85. The molecule has 1 aliphatic heterocycles. The monoisotopic (exact) mass is 208 g/mol. The highest BCUT2D eigenvalue weighted by Gasteiger charge is 2.24. The van der Waals surface area contributed by atoms with Crippen LogP contribution in [0.1, 0.15) is 18.4 Å². The fraction of sp³-hybridized carbons (Fsp3) is 0.300. The number of aliphatic carboxylic acids is 1. The van der Waals surface area contributed by atoms with E-state index in [0.29, 0.717) is 24.1 Å². The van der Waals surface area contributed by atoms with Crippen LogP contribution in [0.5, 0.6) is 0 Å². The van der Waals surface area contributed by atoms with E-state index >= 15 is 0 Å². The number of aliphatic imine (C=N–C) groups is 1. The van der Waals surface area contributed by atoms with Gasteiger partial charge >= 0.3 is 5.97 Å². The van der Waals surface area contributed by atoms with E-state index in [1.807, 2.05) is 0 Å². The Morgan fingerprint density at radius 2 is 2.33 bits per heavy atom. The smallest absolute Gasteiger partial charge is 0.328 e. The van der Waals surface area contributed by atoms with Crippen LogP contribution in [0, 0.1) is 5.82 Å². The van der Waals surface area contributed by atoms with Crippen LogP contribution in [0.2, 0.25) is 0 Å². The van der Waals surface area contributed by atoms with Crippen LogP contribution in [0.25, 0.3) is 0 Å².